The van der Waals surface area contributed by atoms with Gasteiger partial charge in [0.2, 0.25) is 0 Å². The van der Waals surface area contributed by atoms with Crippen molar-refractivity contribution in [2.75, 3.05) is 0 Å². The van der Waals surface area contributed by atoms with Gasteiger partial charge in [0, 0.05) is 0 Å². The molecule has 1 nitrogen and oxygen atoms in total. The molecule has 1 aliphatic rings. The first-order valence-electron chi connectivity index (χ1n) is 6.96. The van der Waals surface area contributed by atoms with E-state index in [1.54, 1.807) is 5.57 Å². The Hall–Kier alpha value is -0.300. The first-order chi connectivity index (χ1) is 7.58. The van der Waals surface area contributed by atoms with Crippen LogP contribution < -0.4 is 0 Å². The first kappa shape index (κ1) is 13.8. The van der Waals surface area contributed by atoms with E-state index < -0.39 is 0 Å². The van der Waals surface area contributed by atoms with Gasteiger partial charge in [0.25, 0.3) is 0 Å². The molecule has 0 radical (unpaired) electrons. The highest BCUT2D eigenvalue weighted by Crippen LogP contribution is 2.41. The van der Waals surface area contributed by atoms with Gasteiger partial charge in [-0.25, -0.2) is 0 Å². The molecule has 0 fully saturated rings. The van der Waals surface area contributed by atoms with Crippen LogP contribution in [-0.4, -0.2) is 11.2 Å². The summed E-state index contributed by atoms with van der Waals surface area (Å²) in [5.74, 6) is 0. The van der Waals surface area contributed by atoms with Crippen LogP contribution in [-0.2, 0) is 0 Å². The van der Waals surface area contributed by atoms with Gasteiger partial charge in [0.1, 0.15) is 0 Å². The van der Waals surface area contributed by atoms with E-state index >= 15 is 0 Å². The third-order valence-electron chi connectivity index (χ3n) is 4.20. The molecular formula is C15H28O. The van der Waals surface area contributed by atoms with E-state index in [0.717, 1.165) is 12.8 Å². The van der Waals surface area contributed by atoms with Gasteiger partial charge in [-0.3, -0.25) is 0 Å². The molecule has 1 aliphatic carbocycles. The first-order valence-corrected chi connectivity index (χ1v) is 6.96. The lowest BCUT2D eigenvalue weighted by Gasteiger charge is -2.34. The second-order valence-corrected chi connectivity index (χ2v) is 5.63. The zero-order valence-electron chi connectivity index (χ0n) is 11.3. The maximum absolute atomic E-state index is 9.32. The Morgan fingerprint density at radius 1 is 1.44 bits per heavy atom. The number of aliphatic hydroxyl groups excluding tert-OH is 1. The third kappa shape index (κ3) is 3.93. The maximum Gasteiger partial charge on any atom is 0.0512 e. The van der Waals surface area contributed by atoms with Crippen LogP contribution in [0.15, 0.2) is 11.6 Å². The lowest BCUT2D eigenvalue weighted by molar-refractivity contribution is 0.173. The molecule has 1 N–H and O–H groups in total. The van der Waals surface area contributed by atoms with Gasteiger partial charge in [0.05, 0.1) is 6.10 Å². The maximum atomic E-state index is 9.32. The summed E-state index contributed by atoms with van der Waals surface area (Å²) in [6, 6.07) is 0. The lowest BCUT2D eigenvalue weighted by atomic mass is 9.72. The highest BCUT2D eigenvalue weighted by Gasteiger charge is 2.27. The number of rotatable bonds is 6. The van der Waals surface area contributed by atoms with Crippen molar-refractivity contribution in [3.05, 3.63) is 11.6 Å². The van der Waals surface area contributed by atoms with Gasteiger partial charge in [-0.2, -0.15) is 0 Å². The molecule has 2 unspecified atom stereocenters. The molecule has 1 heteroatoms. The molecule has 0 aromatic rings. The monoisotopic (exact) mass is 224 g/mol. The van der Waals surface area contributed by atoms with E-state index in [4.69, 9.17) is 0 Å². The van der Waals surface area contributed by atoms with Crippen LogP contribution in [0.2, 0.25) is 0 Å². The number of aliphatic hydroxyl groups is 1. The zero-order valence-corrected chi connectivity index (χ0v) is 11.3. The summed E-state index contributed by atoms with van der Waals surface area (Å²) < 4.78 is 0. The van der Waals surface area contributed by atoms with Gasteiger partial charge in [-0.1, -0.05) is 31.9 Å². The predicted molar refractivity (Wildman–Crippen MR) is 70.5 cm³/mol. The molecular weight excluding hydrogens is 196 g/mol. The summed E-state index contributed by atoms with van der Waals surface area (Å²) in [6.07, 6.45) is 12.2. The SMILES string of the molecule is CCC(C)(CCCC(C)O)C1=CCCCC1. The van der Waals surface area contributed by atoms with Gasteiger partial charge in [-0.05, 0) is 57.3 Å². The fourth-order valence-electron chi connectivity index (χ4n) is 2.74. The van der Waals surface area contributed by atoms with E-state index in [-0.39, 0.29) is 6.10 Å². The van der Waals surface area contributed by atoms with Crippen molar-refractivity contribution in [2.24, 2.45) is 5.41 Å². The Labute approximate surface area is 101 Å². The molecule has 94 valence electrons. The van der Waals surface area contributed by atoms with E-state index in [9.17, 15) is 5.11 Å². The van der Waals surface area contributed by atoms with Gasteiger partial charge in [0.15, 0.2) is 0 Å². The molecule has 16 heavy (non-hydrogen) atoms. The molecule has 0 aromatic heterocycles. The minimum Gasteiger partial charge on any atom is -0.393 e. The summed E-state index contributed by atoms with van der Waals surface area (Å²) in [7, 11) is 0. The average Bonchev–Trinajstić information content (AvgIpc) is 2.29. The van der Waals surface area contributed by atoms with Crippen LogP contribution in [0.1, 0.15) is 72.1 Å². The number of allylic oxidation sites excluding steroid dienone is 2. The standard InChI is InChI=1S/C15H28O/c1-4-15(3,12-8-9-13(2)16)14-10-6-5-7-11-14/h10,13,16H,4-9,11-12H2,1-3H3. The smallest absolute Gasteiger partial charge is 0.0512 e. The minimum absolute atomic E-state index is 0.138. The molecule has 0 heterocycles. The Bertz CT molecular complexity index is 230. The van der Waals surface area contributed by atoms with Gasteiger partial charge in [-0.15, -0.1) is 0 Å². The fraction of sp³-hybridized carbons (Fsp3) is 0.867. The molecule has 0 spiro atoms. The zero-order chi connectivity index (χ0) is 12.0. The summed E-state index contributed by atoms with van der Waals surface area (Å²) >= 11 is 0. The van der Waals surface area contributed by atoms with Gasteiger partial charge < -0.3 is 5.11 Å². The van der Waals surface area contributed by atoms with Crippen molar-refractivity contribution >= 4 is 0 Å². The normalized spacial score (nSPS) is 22.4. The Morgan fingerprint density at radius 2 is 2.19 bits per heavy atom. The molecule has 0 saturated carbocycles. The highest BCUT2D eigenvalue weighted by molar-refractivity contribution is 5.15. The predicted octanol–water partition coefficient (Wildman–Crippen LogP) is 4.45. The van der Waals surface area contributed by atoms with Crippen molar-refractivity contribution in [1.82, 2.24) is 0 Å². The molecule has 0 amide bonds. The van der Waals surface area contributed by atoms with Crippen molar-refractivity contribution < 1.29 is 5.11 Å². The highest BCUT2D eigenvalue weighted by atomic mass is 16.3. The molecule has 0 aliphatic heterocycles. The second kappa shape index (κ2) is 6.44. The van der Waals surface area contributed by atoms with Gasteiger partial charge >= 0.3 is 0 Å². The van der Waals surface area contributed by atoms with Crippen molar-refractivity contribution in [3.8, 4) is 0 Å². The molecule has 0 saturated heterocycles. The summed E-state index contributed by atoms with van der Waals surface area (Å²) in [5.41, 5.74) is 2.09. The number of hydrogen-bond donors (Lipinski definition) is 1. The summed E-state index contributed by atoms with van der Waals surface area (Å²) in [6.45, 7) is 6.60. The summed E-state index contributed by atoms with van der Waals surface area (Å²) in [5, 5.41) is 9.32. The fourth-order valence-corrected chi connectivity index (χ4v) is 2.74. The van der Waals surface area contributed by atoms with Crippen LogP contribution in [0.3, 0.4) is 0 Å². The van der Waals surface area contributed by atoms with Crippen LogP contribution in [0, 0.1) is 5.41 Å². The van der Waals surface area contributed by atoms with Crippen molar-refractivity contribution in [1.29, 1.82) is 0 Å². The van der Waals surface area contributed by atoms with Crippen LogP contribution in [0.25, 0.3) is 0 Å². The number of hydrogen-bond acceptors (Lipinski definition) is 1. The largest absolute Gasteiger partial charge is 0.393 e. The van der Waals surface area contributed by atoms with Crippen molar-refractivity contribution in [2.45, 2.75) is 78.2 Å². The molecule has 0 bridgehead atoms. The van der Waals surface area contributed by atoms with Crippen LogP contribution in [0.5, 0.6) is 0 Å². The van der Waals surface area contributed by atoms with E-state index in [0.29, 0.717) is 5.41 Å². The van der Waals surface area contributed by atoms with Crippen LogP contribution >= 0.6 is 0 Å². The topological polar surface area (TPSA) is 20.2 Å². The lowest BCUT2D eigenvalue weighted by Crippen LogP contribution is -2.20. The average molecular weight is 224 g/mol. The van der Waals surface area contributed by atoms with Crippen molar-refractivity contribution in [3.63, 3.8) is 0 Å². The van der Waals surface area contributed by atoms with E-state index in [1.807, 2.05) is 6.92 Å². The summed E-state index contributed by atoms with van der Waals surface area (Å²) in [4.78, 5) is 0. The molecule has 1 rings (SSSR count). The van der Waals surface area contributed by atoms with E-state index in [1.165, 1.54) is 38.5 Å². The molecule has 2 atom stereocenters. The Balaban J connectivity index is 2.51. The van der Waals surface area contributed by atoms with E-state index in [2.05, 4.69) is 19.9 Å². The Kier molecular flexibility index (Phi) is 5.54. The third-order valence-corrected chi connectivity index (χ3v) is 4.20. The molecule has 0 aromatic carbocycles. The quantitative estimate of drug-likeness (QED) is 0.661. The van der Waals surface area contributed by atoms with Crippen LogP contribution in [0.4, 0.5) is 0 Å². The Morgan fingerprint density at radius 3 is 2.69 bits per heavy atom. The second-order valence-electron chi connectivity index (χ2n) is 5.63. The minimum atomic E-state index is -0.138.